The minimum absolute atomic E-state index is 0.123. The summed E-state index contributed by atoms with van der Waals surface area (Å²) in [4.78, 5) is 14.2. The van der Waals surface area contributed by atoms with Gasteiger partial charge in [-0.15, -0.1) is 0 Å². The number of carbonyl (C=O) groups is 1. The van der Waals surface area contributed by atoms with Crippen molar-refractivity contribution in [3.05, 3.63) is 35.9 Å². The van der Waals surface area contributed by atoms with Gasteiger partial charge in [0.15, 0.2) is 0 Å². The Morgan fingerprint density at radius 3 is 2.64 bits per heavy atom. The molecule has 1 aromatic rings. The first-order chi connectivity index (χ1) is 10.7. The predicted molar refractivity (Wildman–Crippen MR) is 83.2 cm³/mol. The first-order valence-electron chi connectivity index (χ1n) is 8.08. The highest BCUT2D eigenvalue weighted by Crippen LogP contribution is 2.18. The third-order valence-corrected chi connectivity index (χ3v) is 4.49. The molecule has 1 amide bonds. The molecule has 0 aromatic heterocycles. The Balaban J connectivity index is 1.41. The highest BCUT2D eigenvalue weighted by atomic mass is 16.5. The van der Waals surface area contributed by atoms with Gasteiger partial charge in [-0.05, 0) is 24.8 Å². The summed E-state index contributed by atoms with van der Waals surface area (Å²) in [7, 11) is 0. The molecule has 3 rings (SSSR count). The molecule has 120 valence electrons. The van der Waals surface area contributed by atoms with Crippen LogP contribution in [0.25, 0.3) is 0 Å². The lowest BCUT2D eigenvalue weighted by Crippen LogP contribution is -2.48. The minimum Gasteiger partial charge on any atom is -0.392 e. The molecule has 2 fully saturated rings. The molecule has 0 spiro atoms. The van der Waals surface area contributed by atoms with E-state index in [0.717, 1.165) is 25.9 Å². The summed E-state index contributed by atoms with van der Waals surface area (Å²) in [6.45, 7) is 2.64. The molecule has 2 atom stereocenters. The number of likely N-dealkylation sites (tertiary alicyclic amines) is 1. The van der Waals surface area contributed by atoms with Gasteiger partial charge in [0.1, 0.15) is 0 Å². The third-order valence-electron chi connectivity index (χ3n) is 4.49. The molecule has 2 N–H and O–H groups in total. The standard InChI is InChI=1S/C17H24N2O3/c20-14-10-16(18-11-14)17(21)19-8-6-15(7-9-19)22-12-13-4-2-1-3-5-13/h1-5,14-16,18,20H,6-12H2/t14-,16+/m0/s1. The van der Waals surface area contributed by atoms with E-state index in [2.05, 4.69) is 17.4 Å². The Labute approximate surface area is 131 Å². The van der Waals surface area contributed by atoms with Gasteiger partial charge in [-0.25, -0.2) is 0 Å². The van der Waals surface area contributed by atoms with Gasteiger partial charge in [0, 0.05) is 19.6 Å². The number of carbonyl (C=O) groups excluding carboxylic acids is 1. The number of rotatable bonds is 4. The average molecular weight is 304 g/mol. The highest BCUT2D eigenvalue weighted by Gasteiger charge is 2.33. The fourth-order valence-corrected chi connectivity index (χ4v) is 3.16. The summed E-state index contributed by atoms with van der Waals surface area (Å²) in [5.74, 6) is 0.123. The molecule has 0 radical (unpaired) electrons. The van der Waals surface area contributed by atoms with Crippen molar-refractivity contribution in [2.24, 2.45) is 0 Å². The number of β-amino-alcohol motifs (C(OH)–C–C–N with tert-alkyl or cyclic N) is 1. The van der Waals surface area contributed by atoms with Crippen LogP contribution >= 0.6 is 0 Å². The van der Waals surface area contributed by atoms with Crippen LogP contribution in [0.4, 0.5) is 0 Å². The van der Waals surface area contributed by atoms with Crippen molar-refractivity contribution in [3.8, 4) is 0 Å². The van der Waals surface area contributed by atoms with Crippen molar-refractivity contribution in [3.63, 3.8) is 0 Å². The van der Waals surface area contributed by atoms with Crippen molar-refractivity contribution in [1.82, 2.24) is 10.2 Å². The largest absolute Gasteiger partial charge is 0.392 e. The summed E-state index contributed by atoms with van der Waals surface area (Å²) in [5, 5.41) is 12.6. The molecule has 1 aromatic carbocycles. The monoisotopic (exact) mass is 304 g/mol. The molecular weight excluding hydrogens is 280 g/mol. The number of piperidine rings is 1. The number of hydrogen-bond donors (Lipinski definition) is 2. The number of nitrogens with one attached hydrogen (secondary N) is 1. The van der Waals surface area contributed by atoms with Crippen molar-refractivity contribution >= 4 is 5.91 Å². The van der Waals surface area contributed by atoms with E-state index in [-0.39, 0.29) is 24.2 Å². The molecule has 0 unspecified atom stereocenters. The number of aliphatic hydroxyl groups excluding tert-OH is 1. The fourth-order valence-electron chi connectivity index (χ4n) is 3.16. The van der Waals surface area contributed by atoms with E-state index in [1.54, 1.807) is 0 Å². The lowest BCUT2D eigenvalue weighted by molar-refractivity contribution is -0.136. The van der Waals surface area contributed by atoms with Crippen LogP contribution in [0, 0.1) is 0 Å². The molecule has 5 heteroatoms. The zero-order valence-corrected chi connectivity index (χ0v) is 12.8. The molecule has 2 saturated heterocycles. The Bertz CT molecular complexity index is 486. The normalized spacial score (nSPS) is 26.3. The molecule has 2 heterocycles. The molecular formula is C17H24N2O3. The number of hydrogen-bond acceptors (Lipinski definition) is 4. The lowest BCUT2D eigenvalue weighted by atomic mass is 10.1. The van der Waals surface area contributed by atoms with Crippen molar-refractivity contribution in [1.29, 1.82) is 0 Å². The van der Waals surface area contributed by atoms with Crippen LogP contribution in [0.3, 0.4) is 0 Å². The number of ether oxygens (including phenoxy) is 1. The third kappa shape index (κ3) is 3.85. The summed E-state index contributed by atoms with van der Waals surface area (Å²) >= 11 is 0. The highest BCUT2D eigenvalue weighted by molar-refractivity contribution is 5.82. The van der Waals surface area contributed by atoms with Gasteiger partial charge in [-0.3, -0.25) is 4.79 Å². The van der Waals surface area contributed by atoms with E-state index in [1.807, 2.05) is 23.1 Å². The van der Waals surface area contributed by atoms with Gasteiger partial charge in [0.2, 0.25) is 5.91 Å². The summed E-state index contributed by atoms with van der Waals surface area (Å²) in [6, 6.07) is 9.95. The summed E-state index contributed by atoms with van der Waals surface area (Å²) in [5.41, 5.74) is 1.19. The first-order valence-corrected chi connectivity index (χ1v) is 8.08. The second-order valence-electron chi connectivity index (χ2n) is 6.17. The van der Waals surface area contributed by atoms with Gasteiger partial charge in [-0.1, -0.05) is 30.3 Å². The van der Waals surface area contributed by atoms with Gasteiger partial charge < -0.3 is 20.1 Å². The molecule has 22 heavy (non-hydrogen) atoms. The van der Waals surface area contributed by atoms with E-state index in [9.17, 15) is 9.90 Å². The maximum atomic E-state index is 12.3. The van der Waals surface area contributed by atoms with Crippen LogP contribution in [-0.2, 0) is 16.1 Å². The maximum absolute atomic E-state index is 12.3. The van der Waals surface area contributed by atoms with Crippen LogP contribution in [-0.4, -0.2) is 53.8 Å². The fraction of sp³-hybridized carbons (Fsp3) is 0.588. The average Bonchev–Trinajstić information content (AvgIpc) is 3.00. The Morgan fingerprint density at radius 1 is 1.27 bits per heavy atom. The minimum atomic E-state index is -0.388. The van der Waals surface area contributed by atoms with Gasteiger partial charge in [-0.2, -0.15) is 0 Å². The Kier molecular flexibility index (Phi) is 5.08. The van der Waals surface area contributed by atoms with Crippen LogP contribution in [0.1, 0.15) is 24.8 Å². The maximum Gasteiger partial charge on any atom is 0.239 e. The van der Waals surface area contributed by atoms with Gasteiger partial charge in [0.05, 0.1) is 24.9 Å². The lowest BCUT2D eigenvalue weighted by Gasteiger charge is -2.33. The molecule has 0 bridgehead atoms. The van der Waals surface area contributed by atoms with Gasteiger partial charge >= 0.3 is 0 Å². The SMILES string of the molecule is O=C([C@H]1C[C@H](O)CN1)N1CCC(OCc2ccccc2)CC1. The van der Waals surface area contributed by atoms with Crippen LogP contribution in [0.5, 0.6) is 0 Å². The van der Waals surface area contributed by atoms with Crippen LogP contribution < -0.4 is 5.32 Å². The van der Waals surface area contributed by atoms with E-state index in [1.165, 1.54) is 5.56 Å². The van der Waals surface area contributed by atoms with Gasteiger partial charge in [0.25, 0.3) is 0 Å². The number of amides is 1. The molecule has 0 saturated carbocycles. The van der Waals surface area contributed by atoms with Crippen molar-refractivity contribution < 1.29 is 14.6 Å². The number of benzene rings is 1. The number of aliphatic hydroxyl groups is 1. The van der Waals surface area contributed by atoms with E-state index in [4.69, 9.17) is 4.74 Å². The quantitative estimate of drug-likeness (QED) is 0.868. The number of nitrogens with zero attached hydrogens (tertiary/aromatic N) is 1. The van der Waals surface area contributed by atoms with E-state index in [0.29, 0.717) is 19.6 Å². The van der Waals surface area contributed by atoms with E-state index < -0.39 is 0 Å². The van der Waals surface area contributed by atoms with Crippen LogP contribution in [0.15, 0.2) is 30.3 Å². The van der Waals surface area contributed by atoms with Crippen LogP contribution in [0.2, 0.25) is 0 Å². The summed E-state index contributed by atoms with van der Waals surface area (Å²) < 4.78 is 5.95. The van der Waals surface area contributed by atoms with Crippen molar-refractivity contribution in [2.75, 3.05) is 19.6 Å². The summed E-state index contributed by atoms with van der Waals surface area (Å²) in [6.07, 6.45) is 2.14. The smallest absolute Gasteiger partial charge is 0.239 e. The second kappa shape index (κ2) is 7.22. The van der Waals surface area contributed by atoms with Crippen molar-refractivity contribution in [2.45, 2.75) is 44.1 Å². The molecule has 0 aliphatic carbocycles. The Morgan fingerprint density at radius 2 is 2.00 bits per heavy atom. The van der Waals surface area contributed by atoms with E-state index >= 15 is 0 Å². The topological polar surface area (TPSA) is 61.8 Å². The predicted octanol–water partition coefficient (Wildman–Crippen LogP) is 0.917. The molecule has 2 aliphatic rings. The second-order valence-corrected chi connectivity index (χ2v) is 6.17. The molecule has 5 nitrogen and oxygen atoms in total. The molecule has 2 aliphatic heterocycles. The Hall–Kier alpha value is -1.43. The first kappa shape index (κ1) is 15.5. The zero-order valence-electron chi connectivity index (χ0n) is 12.8. The zero-order chi connectivity index (χ0) is 15.4.